The molecule has 1 N–H and O–H groups in total. The third-order valence-electron chi connectivity index (χ3n) is 4.25. The summed E-state index contributed by atoms with van der Waals surface area (Å²) < 4.78 is 1.93. The van der Waals surface area contributed by atoms with Crippen LogP contribution in [-0.4, -0.2) is 44.4 Å². The average molecular weight is 380 g/mol. The van der Waals surface area contributed by atoms with Gasteiger partial charge in [0.2, 0.25) is 5.91 Å². The van der Waals surface area contributed by atoms with E-state index in [1.54, 1.807) is 0 Å². The Hall–Kier alpha value is -1.73. The van der Waals surface area contributed by atoms with Crippen molar-refractivity contribution in [3.8, 4) is 0 Å². The third-order valence-corrected chi connectivity index (χ3v) is 5.51. The van der Waals surface area contributed by atoms with Gasteiger partial charge in [-0.15, -0.1) is 10.2 Å². The molecule has 8 heteroatoms. The van der Waals surface area contributed by atoms with Crippen LogP contribution in [0.15, 0.2) is 29.4 Å². The number of rotatable bonds is 6. The quantitative estimate of drug-likeness (QED) is 0.781. The second kappa shape index (κ2) is 8.58. The monoisotopic (exact) mass is 379 g/mol. The van der Waals surface area contributed by atoms with Crippen molar-refractivity contribution in [1.82, 2.24) is 19.7 Å². The van der Waals surface area contributed by atoms with E-state index in [0.29, 0.717) is 17.3 Å². The van der Waals surface area contributed by atoms with Crippen LogP contribution in [0.25, 0.3) is 0 Å². The van der Waals surface area contributed by atoms with Gasteiger partial charge in [0.25, 0.3) is 0 Å². The van der Waals surface area contributed by atoms with Crippen molar-refractivity contribution in [2.24, 2.45) is 7.05 Å². The molecule has 2 heterocycles. The lowest BCUT2D eigenvalue weighted by atomic mass is 10.1. The summed E-state index contributed by atoms with van der Waals surface area (Å²) in [5.74, 6) is 1.42. The van der Waals surface area contributed by atoms with Gasteiger partial charge in [0.15, 0.2) is 11.0 Å². The Bertz CT molecular complexity index is 712. The topological polar surface area (TPSA) is 63.1 Å². The molecule has 1 aromatic carbocycles. The minimum atomic E-state index is 0.188. The number of halogens is 1. The number of thioether (sulfide) groups is 1. The van der Waals surface area contributed by atoms with Crippen molar-refractivity contribution >= 4 is 35.0 Å². The second-order valence-electron chi connectivity index (χ2n) is 6.05. The normalized spacial score (nSPS) is 14.6. The lowest BCUT2D eigenvalue weighted by molar-refractivity contribution is -0.129. The number of nitrogens with zero attached hydrogens (tertiary/aromatic N) is 4. The zero-order valence-corrected chi connectivity index (χ0v) is 15.8. The van der Waals surface area contributed by atoms with E-state index in [4.69, 9.17) is 11.6 Å². The smallest absolute Gasteiger partial charge is 0.233 e. The van der Waals surface area contributed by atoms with Crippen molar-refractivity contribution in [3.63, 3.8) is 0 Å². The number of aromatic nitrogens is 3. The molecule has 1 saturated heterocycles. The molecular weight excluding hydrogens is 358 g/mol. The fourth-order valence-electron chi connectivity index (χ4n) is 2.73. The molecule has 0 spiro atoms. The molecule has 134 valence electrons. The van der Waals surface area contributed by atoms with Gasteiger partial charge in [-0.1, -0.05) is 23.4 Å². The van der Waals surface area contributed by atoms with Crippen molar-refractivity contribution < 1.29 is 4.79 Å². The van der Waals surface area contributed by atoms with E-state index in [1.807, 2.05) is 40.8 Å². The van der Waals surface area contributed by atoms with Crippen LogP contribution in [0.5, 0.6) is 0 Å². The Labute approximate surface area is 156 Å². The summed E-state index contributed by atoms with van der Waals surface area (Å²) in [5, 5.41) is 13.2. The highest BCUT2D eigenvalue weighted by Crippen LogP contribution is 2.19. The van der Waals surface area contributed by atoms with Crippen molar-refractivity contribution in [3.05, 3.63) is 35.1 Å². The molecule has 1 aliphatic heterocycles. The molecule has 1 fully saturated rings. The van der Waals surface area contributed by atoms with Crippen LogP contribution in [0, 0.1) is 0 Å². The SMILES string of the molecule is Cn1c(CNc2ccc(Cl)cc2)nnc1SCC(=O)N1CCCCC1. The van der Waals surface area contributed by atoms with Crippen LogP contribution in [-0.2, 0) is 18.4 Å². The number of anilines is 1. The second-order valence-corrected chi connectivity index (χ2v) is 7.43. The summed E-state index contributed by atoms with van der Waals surface area (Å²) in [6.07, 6.45) is 3.45. The van der Waals surface area contributed by atoms with Crippen LogP contribution in [0.4, 0.5) is 5.69 Å². The van der Waals surface area contributed by atoms with Gasteiger partial charge >= 0.3 is 0 Å². The summed E-state index contributed by atoms with van der Waals surface area (Å²) >= 11 is 7.33. The summed E-state index contributed by atoms with van der Waals surface area (Å²) in [7, 11) is 1.92. The fourth-order valence-corrected chi connectivity index (χ4v) is 3.69. The van der Waals surface area contributed by atoms with Crippen molar-refractivity contribution in [2.75, 3.05) is 24.2 Å². The number of carbonyl (C=O) groups is 1. The Morgan fingerprint density at radius 3 is 2.64 bits per heavy atom. The largest absolute Gasteiger partial charge is 0.378 e. The first-order valence-electron chi connectivity index (χ1n) is 8.42. The predicted octanol–water partition coefficient (Wildman–Crippen LogP) is 3.19. The highest BCUT2D eigenvalue weighted by atomic mass is 35.5. The van der Waals surface area contributed by atoms with Gasteiger partial charge in [0, 0.05) is 30.8 Å². The maximum atomic E-state index is 12.3. The lowest BCUT2D eigenvalue weighted by Gasteiger charge is -2.26. The Kier molecular flexibility index (Phi) is 6.20. The molecule has 0 atom stereocenters. The molecule has 0 radical (unpaired) electrons. The minimum Gasteiger partial charge on any atom is -0.378 e. The number of amides is 1. The number of carbonyl (C=O) groups excluding carboxylic acids is 1. The third kappa shape index (κ3) is 4.89. The van der Waals surface area contributed by atoms with Gasteiger partial charge in [0.05, 0.1) is 12.3 Å². The molecule has 1 aliphatic rings. The fraction of sp³-hybridized carbons (Fsp3) is 0.471. The predicted molar refractivity (Wildman–Crippen MR) is 101 cm³/mol. The number of piperidine rings is 1. The van der Waals surface area contributed by atoms with Crippen LogP contribution in [0.3, 0.4) is 0 Å². The zero-order valence-electron chi connectivity index (χ0n) is 14.2. The first-order chi connectivity index (χ1) is 12.1. The Morgan fingerprint density at radius 2 is 1.92 bits per heavy atom. The molecule has 3 rings (SSSR count). The maximum absolute atomic E-state index is 12.3. The molecule has 1 amide bonds. The Balaban J connectivity index is 1.51. The molecule has 6 nitrogen and oxygen atoms in total. The molecule has 0 saturated carbocycles. The van der Waals surface area contributed by atoms with Crippen LogP contribution in [0.1, 0.15) is 25.1 Å². The summed E-state index contributed by atoms with van der Waals surface area (Å²) in [4.78, 5) is 14.2. The standard InChI is InChI=1S/C17H22ClN5OS/c1-22-15(11-19-14-7-5-13(18)6-8-14)20-21-17(22)25-12-16(24)23-9-3-2-4-10-23/h5-8,19H,2-4,9-12H2,1H3. The van der Waals surface area contributed by atoms with Gasteiger partial charge in [-0.2, -0.15) is 0 Å². The van der Waals surface area contributed by atoms with Crippen LogP contribution in [0.2, 0.25) is 5.02 Å². The van der Waals surface area contributed by atoms with Gasteiger partial charge in [-0.3, -0.25) is 4.79 Å². The van der Waals surface area contributed by atoms with Gasteiger partial charge in [-0.05, 0) is 43.5 Å². The van der Waals surface area contributed by atoms with E-state index in [9.17, 15) is 4.79 Å². The van der Waals surface area contributed by atoms with E-state index in [2.05, 4.69) is 15.5 Å². The van der Waals surface area contributed by atoms with Crippen molar-refractivity contribution in [1.29, 1.82) is 0 Å². The molecular formula is C17H22ClN5OS. The highest BCUT2D eigenvalue weighted by molar-refractivity contribution is 7.99. The average Bonchev–Trinajstić information content (AvgIpc) is 3.00. The van der Waals surface area contributed by atoms with Gasteiger partial charge in [0.1, 0.15) is 0 Å². The van der Waals surface area contributed by atoms with E-state index < -0.39 is 0 Å². The number of likely N-dealkylation sites (tertiary alicyclic amines) is 1. The van der Waals surface area contributed by atoms with Crippen molar-refractivity contribution in [2.45, 2.75) is 31.0 Å². The lowest BCUT2D eigenvalue weighted by Crippen LogP contribution is -2.36. The molecule has 1 aromatic heterocycles. The zero-order chi connectivity index (χ0) is 17.6. The maximum Gasteiger partial charge on any atom is 0.233 e. The van der Waals surface area contributed by atoms with Gasteiger partial charge < -0.3 is 14.8 Å². The van der Waals surface area contributed by atoms with E-state index in [-0.39, 0.29) is 5.91 Å². The summed E-state index contributed by atoms with van der Waals surface area (Å²) in [5.41, 5.74) is 0.974. The van der Waals surface area contributed by atoms with E-state index >= 15 is 0 Å². The molecule has 0 aliphatic carbocycles. The number of nitrogens with one attached hydrogen (secondary N) is 1. The van der Waals surface area contributed by atoms with Crippen LogP contribution >= 0.6 is 23.4 Å². The molecule has 25 heavy (non-hydrogen) atoms. The molecule has 0 unspecified atom stereocenters. The van der Waals surface area contributed by atoms with E-state index in [1.165, 1.54) is 18.2 Å². The van der Waals surface area contributed by atoms with Gasteiger partial charge in [-0.25, -0.2) is 0 Å². The van der Waals surface area contributed by atoms with Crippen LogP contribution < -0.4 is 5.32 Å². The minimum absolute atomic E-state index is 0.188. The first kappa shape index (κ1) is 18.1. The van der Waals surface area contributed by atoms with E-state index in [0.717, 1.165) is 42.6 Å². The first-order valence-corrected chi connectivity index (χ1v) is 9.78. The summed E-state index contributed by atoms with van der Waals surface area (Å²) in [6.45, 7) is 2.33. The molecule has 2 aromatic rings. The number of benzene rings is 1. The number of hydrogen-bond donors (Lipinski definition) is 1. The summed E-state index contributed by atoms with van der Waals surface area (Å²) in [6, 6.07) is 7.53. The molecule has 0 bridgehead atoms. The number of hydrogen-bond acceptors (Lipinski definition) is 5. The highest BCUT2D eigenvalue weighted by Gasteiger charge is 2.18. The Morgan fingerprint density at radius 1 is 1.20 bits per heavy atom.